The van der Waals surface area contributed by atoms with Crippen LogP contribution in [0.15, 0.2) is 19.8 Å². The van der Waals surface area contributed by atoms with E-state index in [1.54, 1.807) is 6.08 Å². The van der Waals surface area contributed by atoms with Crippen molar-refractivity contribution in [2.45, 2.75) is 13.3 Å². The number of ketones is 1. The number of carbonyl (C=O) groups excluding carboxylic acids is 1. The van der Waals surface area contributed by atoms with Crippen LogP contribution in [0, 0.1) is 0 Å². The van der Waals surface area contributed by atoms with E-state index in [1.807, 2.05) is 10.2 Å². The van der Waals surface area contributed by atoms with E-state index >= 15 is 0 Å². The molecule has 0 fully saturated rings. The molecular formula is C7H8IO-. The molecule has 0 aliphatic carbocycles. The average molecular weight is 235 g/mol. The summed E-state index contributed by atoms with van der Waals surface area (Å²) in [6, 6.07) is 0. The van der Waals surface area contributed by atoms with Gasteiger partial charge in [-0.05, 0) is 0 Å². The fraction of sp³-hybridized carbons (Fsp3) is 0.286. The summed E-state index contributed by atoms with van der Waals surface area (Å²) in [5, 5.41) is 0. The number of carbonyl (C=O) groups is 1. The average Bonchev–Trinajstić information content (AvgIpc) is 2.18. The van der Waals surface area contributed by atoms with E-state index in [1.165, 1.54) is 0 Å². The zero-order chi connectivity index (χ0) is 6.69. The molecule has 2 heteroatoms. The third-order valence-electron chi connectivity index (χ3n) is 1.01. The van der Waals surface area contributed by atoms with Crippen LogP contribution in [0.5, 0.6) is 0 Å². The Bertz CT molecular complexity index is 179. The molecule has 1 heterocycles. The van der Waals surface area contributed by atoms with Gasteiger partial charge in [-0.25, -0.2) is 0 Å². The molecule has 1 nitrogen and oxygen atoms in total. The van der Waals surface area contributed by atoms with Gasteiger partial charge in [-0.15, -0.1) is 0 Å². The minimum atomic E-state index is -0.0393. The van der Waals surface area contributed by atoms with Crippen molar-refractivity contribution >= 4 is 5.78 Å². The van der Waals surface area contributed by atoms with Crippen LogP contribution in [-0.2, 0) is 4.79 Å². The van der Waals surface area contributed by atoms with E-state index in [-0.39, 0.29) is 27.0 Å². The molecule has 0 amide bonds. The fourth-order valence-corrected chi connectivity index (χ4v) is 2.69. The normalized spacial score (nSPS) is 22.8. The third kappa shape index (κ3) is 1.64. The number of hydrogen-bond donors (Lipinski definition) is 0. The zero-order valence-electron chi connectivity index (χ0n) is 5.23. The Balaban J connectivity index is 2.66. The van der Waals surface area contributed by atoms with Crippen LogP contribution in [0.3, 0.4) is 0 Å². The third-order valence-corrected chi connectivity index (χ3v) is 3.38. The van der Waals surface area contributed by atoms with E-state index < -0.39 is 0 Å². The van der Waals surface area contributed by atoms with Crippen LogP contribution in [0.25, 0.3) is 0 Å². The fourth-order valence-electron chi connectivity index (χ4n) is 0.614. The van der Waals surface area contributed by atoms with Crippen molar-refractivity contribution in [1.29, 1.82) is 0 Å². The van der Waals surface area contributed by atoms with Gasteiger partial charge in [-0.2, -0.15) is 0 Å². The first-order valence-electron chi connectivity index (χ1n) is 2.89. The topological polar surface area (TPSA) is 17.1 Å². The second kappa shape index (κ2) is 3.15. The van der Waals surface area contributed by atoms with Crippen molar-refractivity contribution in [2.24, 2.45) is 0 Å². The van der Waals surface area contributed by atoms with Gasteiger partial charge in [-0.3, -0.25) is 0 Å². The molecule has 0 radical (unpaired) electrons. The van der Waals surface area contributed by atoms with E-state index in [2.05, 4.69) is 6.92 Å². The monoisotopic (exact) mass is 235 g/mol. The molecular weight excluding hydrogens is 227 g/mol. The van der Waals surface area contributed by atoms with Crippen LogP contribution in [0.2, 0.25) is 0 Å². The molecule has 1 aliphatic heterocycles. The molecule has 0 aromatic heterocycles. The Morgan fingerprint density at radius 1 is 1.78 bits per heavy atom. The SMILES string of the molecule is CC/C=C1\[I-]C=CC1=O. The zero-order valence-corrected chi connectivity index (χ0v) is 7.38. The van der Waals surface area contributed by atoms with Gasteiger partial charge in [0, 0.05) is 0 Å². The Morgan fingerprint density at radius 2 is 2.56 bits per heavy atom. The van der Waals surface area contributed by atoms with Crippen molar-refractivity contribution in [3.05, 3.63) is 19.8 Å². The van der Waals surface area contributed by atoms with Gasteiger partial charge in [-0.1, -0.05) is 0 Å². The second-order valence-electron chi connectivity index (χ2n) is 1.73. The quantitative estimate of drug-likeness (QED) is 0.398. The first-order valence-corrected chi connectivity index (χ1v) is 5.21. The van der Waals surface area contributed by atoms with Crippen LogP contribution < -0.4 is 21.2 Å². The number of hydrogen-bond acceptors (Lipinski definition) is 1. The number of rotatable bonds is 1. The Kier molecular flexibility index (Phi) is 2.45. The Morgan fingerprint density at radius 3 is 3.00 bits per heavy atom. The van der Waals surface area contributed by atoms with E-state index in [9.17, 15) is 4.79 Å². The molecule has 0 saturated heterocycles. The first kappa shape index (κ1) is 6.99. The van der Waals surface area contributed by atoms with Crippen LogP contribution in [0.4, 0.5) is 0 Å². The van der Waals surface area contributed by atoms with Gasteiger partial charge in [0.15, 0.2) is 0 Å². The van der Waals surface area contributed by atoms with Gasteiger partial charge in [0.25, 0.3) is 0 Å². The molecule has 0 saturated carbocycles. The standard InChI is InChI=1S/C7H8IO/c1-2-3-6-7(9)4-5-8-6/h3-5H,2H2,1H3/q-1/b6-3-. The molecule has 1 rings (SSSR count). The van der Waals surface area contributed by atoms with Crippen molar-refractivity contribution in [3.63, 3.8) is 0 Å². The Hall–Kier alpha value is -0.120. The molecule has 0 aromatic rings. The number of allylic oxidation sites excluding steroid dienone is 3. The van der Waals surface area contributed by atoms with Crippen molar-refractivity contribution < 1.29 is 26.0 Å². The molecule has 0 atom stereocenters. The summed E-state index contributed by atoms with van der Waals surface area (Å²) in [4.78, 5) is 10.8. The Labute approximate surface area is 65.1 Å². The van der Waals surface area contributed by atoms with Gasteiger partial charge < -0.3 is 0 Å². The minimum absolute atomic E-state index is 0.0393. The van der Waals surface area contributed by atoms with Gasteiger partial charge in [0.05, 0.1) is 0 Å². The van der Waals surface area contributed by atoms with Crippen LogP contribution >= 0.6 is 0 Å². The van der Waals surface area contributed by atoms with Crippen molar-refractivity contribution in [2.75, 3.05) is 0 Å². The van der Waals surface area contributed by atoms with Gasteiger partial charge in [0.2, 0.25) is 0 Å². The molecule has 0 unspecified atom stereocenters. The predicted molar refractivity (Wildman–Crippen MR) is 32.5 cm³/mol. The maximum atomic E-state index is 10.8. The van der Waals surface area contributed by atoms with E-state index in [0.717, 1.165) is 10.0 Å². The first-order chi connectivity index (χ1) is 4.34. The summed E-state index contributed by atoms with van der Waals surface area (Å²) in [5.74, 6) is 0.240. The van der Waals surface area contributed by atoms with E-state index in [4.69, 9.17) is 0 Å². The molecule has 50 valence electrons. The van der Waals surface area contributed by atoms with Crippen molar-refractivity contribution in [1.82, 2.24) is 0 Å². The van der Waals surface area contributed by atoms with Gasteiger partial charge >= 0.3 is 64.9 Å². The summed E-state index contributed by atoms with van der Waals surface area (Å²) in [5.41, 5.74) is 0. The molecule has 9 heavy (non-hydrogen) atoms. The van der Waals surface area contributed by atoms with Gasteiger partial charge in [0.1, 0.15) is 0 Å². The summed E-state index contributed by atoms with van der Waals surface area (Å²) < 4.78 is 3.08. The summed E-state index contributed by atoms with van der Waals surface area (Å²) in [7, 11) is 0. The van der Waals surface area contributed by atoms with Crippen LogP contribution in [0.1, 0.15) is 13.3 Å². The molecule has 0 aromatic carbocycles. The molecule has 1 aliphatic rings. The second-order valence-corrected chi connectivity index (χ2v) is 4.23. The summed E-state index contributed by atoms with van der Waals surface area (Å²) in [6.07, 6.45) is 4.72. The number of halogens is 1. The predicted octanol–water partition coefficient (Wildman–Crippen LogP) is -1.53. The van der Waals surface area contributed by atoms with Crippen LogP contribution in [-0.4, -0.2) is 5.78 Å². The molecule has 0 bridgehead atoms. The summed E-state index contributed by atoms with van der Waals surface area (Å²) in [6.45, 7) is 2.06. The summed E-state index contributed by atoms with van der Waals surface area (Å²) >= 11 is -0.0393. The van der Waals surface area contributed by atoms with Crippen molar-refractivity contribution in [3.8, 4) is 0 Å². The van der Waals surface area contributed by atoms with E-state index in [0.29, 0.717) is 0 Å². The molecule has 0 spiro atoms. The maximum absolute atomic E-state index is 10.8. The molecule has 0 N–H and O–H groups in total.